The Balaban J connectivity index is 1.36. The van der Waals surface area contributed by atoms with Crippen LogP contribution in [0.5, 0.6) is 0 Å². The summed E-state index contributed by atoms with van der Waals surface area (Å²) in [6.07, 6.45) is 0. The molecule has 0 aliphatic carbocycles. The number of nitrogens with zero attached hydrogens (tertiary/aromatic N) is 3. The second kappa shape index (κ2) is 14.0. The van der Waals surface area contributed by atoms with Crippen molar-refractivity contribution in [2.45, 2.75) is 131 Å². The number of oxazole rings is 1. The number of anilines is 6. The van der Waals surface area contributed by atoms with Gasteiger partial charge in [-0.2, -0.15) is 0 Å². The van der Waals surface area contributed by atoms with Crippen molar-refractivity contribution in [3.63, 3.8) is 0 Å². The number of benzene rings is 6. The smallest absolute Gasteiger partial charge is 0.252 e. The molecule has 0 radical (unpaired) electrons. The summed E-state index contributed by atoms with van der Waals surface area (Å²) in [7, 11) is 0. The van der Waals surface area contributed by atoms with E-state index in [0.717, 1.165) is 33.7 Å². The van der Waals surface area contributed by atoms with Crippen LogP contribution in [0.2, 0.25) is 0 Å². The predicted octanol–water partition coefficient (Wildman–Crippen LogP) is 14.1. The van der Waals surface area contributed by atoms with Crippen molar-refractivity contribution in [3.8, 4) is 11.5 Å². The van der Waals surface area contributed by atoms with E-state index in [2.05, 4.69) is 229 Å². The van der Waals surface area contributed by atoms with Crippen molar-refractivity contribution >= 4 is 68.3 Å². The molecule has 2 aliphatic rings. The van der Waals surface area contributed by atoms with Gasteiger partial charge < -0.3 is 14.2 Å². The molecule has 62 heavy (non-hydrogen) atoms. The molecule has 2 aliphatic heterocycles. The first kappa shape index (κ1) is 41.8. The lowest BCUT2D eigenvalue weighted by Crippen LogP contribution is -2.61. The average molecular weight is 818 g/mol. The summed E-state index contributed by atoms with van der Waals surface area (Å²) in [5.74, 6) is 0.640. The van der Waals surface area contributed by atoms with Gasteiger partial charge in [0.05, 0.1) is 0 Å². The highest BCUT2D eigenvalue weighted by Gasteiger charge is 2.45. The van der Waals surface area contributed by atoms with Crippen LogP contribution in [0, 0.1) is 0 Å². The number of hydrogen-bond acceptors (Lipinski definition) is 4. The maximum Gasteiger partial charge on any atom is 0.252 e. The normalized spacial score (nSPS) is 14.3. The van der Waals surface area contributed by atoms with Crippen molar-refractivity contribution < 1.29 is 4.42 Å². The Morgan fingerprint density at radius 3 is 1.29 bits per heavy atom. The van der Waals surface area contributed by atoms with Gasteiger partial charge in [-0.05, 0) is 132 Å². The first-order valence-corrected chi connectivity index (χ1v) is 22.6. The van der Waals surface area contributed by atoms with Crippen molar-refractivity contribution in [1.29, 1.82) is 0 Å². The van der Waals surface area contributed by atoms with Crippen LogP contribution in [0.15, 0.2) is 120 Å². The SMILES string of the molecule is CC(C)(C)c1ccc(-c2nc3cc4c(cc3o2)N(c2ccc(C(C)(C)C)cc2)c2cc(C(C)(C)C)cc3c2B4c2cc(C(C)(C)C)ccc2N3c2ccc(C(C)(C)C)cc2)cc1. The van der Waals surface area contributed by atoms with Crippen LogP contribution in [-0.4, -0.2) is 11.7 Å². The molecule has 0 N–H and O–H groups in total. The average Bonchev–Trinajstić information content (AvgIpc) is 3.61. The monoisotopic (exact) mass is 818 g/mol. The van der Waals surface area contributed by atoms with Gasteiger partial charge in [-0.15, -0.1) is 0 Å². The minimum Gasteiger partial charge on any atom is -0.436 e. The van der Waals surface area contributed by atoms with Crippen molar-refractivity contribution in [3.05, 3.63) is 143 Å². The number of fused-ring (bicyclic) bond motifs is 5. The van der Waals surface area contributed by atoms with Crippen LogP contribution in [0.4, 0.5) is 34.1 Å². The molecule has 316 valence electrons. The first-order chi connectivity index (χ1) is 28.9. The zero-order valence-electron chi connectivity index (χ0n) is 39.8. The Morgan fingerprint density at radius 1 is 0.403 bits per heavy atom. The molecule has 1 aromatic heterocycles. The Kier molecular flexibility index (Phi) is 9.42. The summed E-state index contributed by atoms with van der Waals surface area (Å²) in [5, 5.41) is 0. The van der Waals surface area contributed by atoms with E-state index in [1.807, 2.05) is 0 Å². The number of aromatic nitrogens is 1. The lowest BCUT2D eigenvalue weighted by molar-refractivity contribution is 0.589. The molecular formula is C57H64BN3O. The molecule has 0 fully saturated rings. The molecule has 0 atom stereocenters. The van der Waals surface area contributed by atoms with E-state index < -0.39 is 0 Å². The molecule has 6 aromatic carbocycles. The van der Waals surface area contributed by atoms with Crippen molar-refractivity contribution in [1.82, 2.24) is 4.98 Å². The van der Waals surface area contributed by atoms with Gasteiger partial charge in [-0.3, -0.25) is 0 Å². The zero-order valence-corrected chi connectivity index (χ0v) is 39.8. The summed E-state index contributed by atoms with van der Waals surface area (Å²) >= 11 is 0. The predicted molar refractivity (Wildman–Crippen MR) is 267 cm³/mol. The summed E-state index contributed by atoms with van der Waals surface area (Å²) < 4.78 is 6.76. The summed E-state index contributed by atoms with van der Waals surface area (Å²) in [6, 6.07) is 44.0. The Bertz CT molecular complexity index is 2850. The molecule has 0 saturated carbocycles. The maximum absolute atomic E-state index is 6.76. The molecule has 9 rings (SSSR count). The van der Waals surface area contributed by atoms with Crippen LogP contribution < -0.4 is 26.2 Å². The lowest BCUT2D eigenvalue weighted by atomic mass is 9.33. The fourth-order valence-corrected chi connectivity index (χ4v) is 9.33. The minimum atomic E-state index is -0.118. The van der Waals surface area contributed by atoms with Crippen LogP contribution in [-0.2, 0) is 27.1 Å². The van der Waals surface area contributed by atoms with E-state index in [1.54, 1.807) is 0 Å². The molecule has 3 heterocycles. The molecule has 5 heteroatoms. The lowest BCUT2D eigenvalue weighted by Gasteiger charge is -2.45. The van der Waals surface area contributed by atoms with Gasteiger partial charge in [0.1, 0.15) is 5.52 Å². The third-order valence-electron chi connectivity index (χ3n) is 13.3. The highest BCUT2D eigenvalue weighted by Crippen LogP contribution is 2.47. The van der Waals surface area contributed by atoms with Gasteiger partial charge in [-0.1, -0.05) is 152 Å². The Labute approximate surface area is 371 Å². The second-order valence-corrected chi connectivity index (χ2v) is 23.1. The first-order valence-electron chi connectivity index (χ1n) is 22.6. The van der Waals surface area contributed by atoms with E-state index in [0.29, 0.717) is 5.89 Å². The minimum absolute atomic E-state index is 0.0275. The highest BCUT2D eigenvalue weighted by atomic mass is 16.3. The largest absolute Gasteiger partial charge is 0.436 e. The van der Waals surface area contributed by atoms with E-state index in [-0.39, 0.29) is 33.8 Å². The van der Waals surface area contributed by atoms with E-state index in [4.69, 9.17) is 9.40 Å². The third-order valence-corrected chi connectivity index (χ3v) is 13.3. The number of hydrogen-bond donors (Lipinski definition) is 0. The van der Waals surface area contributed by atoms with E-state index >= 15 is 0 Å². The van der Waals surface area contributed by atoms with Crippen LogP contribution >= 0.6 is 0 Å². The standard InChI is InChI=1S/C57H64BN3O/c1-53(2,3)36-18-16-35(17-19-36)52-59-45-33-44-47(34-50(45)62-52)61(42-27-22-38(23-28-42)55(7,8)9)49-32-40(57(13,14)15)31-48-51(49)58(44)43-30-39(56(10,11)12)24-29-46(43)60(48)41-25-20-37(21-26-41)54(4,5)6/h16-34H,1-15H3. The molecular weight excluding hydrogens is 753 g/mol. The van der Waals surface area contributed by atoms with Crippen molar-refractivity contribution in [2.75, 3.05) is 9.80 Å². The maximum atomic E-state index is 6.76. The summed E-state index contributed by atoms with van der Waals surface area (Å²) in [5.41, 5.74) is 20.0. The van der Waals surface area contributed by atoms with Crippen LogP contribution in [0.25, 0.3) is 22.6 Å². The molecule has 7 aromatic rings. The van der Waals surface area contributed by atoms with E-state index in [1.165, 1.54) is 61.3 Å². The number of rotatable bonds is 3. The van der Waals surface area contributed by atoms with Gasteiger partial charge in [0, 0.05) is 45.8 Å². The Morgan fingerprint density at radius 2 is 0.823 bits per heavy atom. The molecule has 0 spiro atoms. The fraction of sp³-hybridized carbons (Fsp3) is 0.351. The van der Waals surface area contributed by atoms with Crippen LogP contribution in [0.3, 0.4) is 0 Å². The molecule has 0 amide bonds. The third kappa shape index (κ3) is 7.16. The quantitative estimate of drug-likeness (QED) is 0.166. The van der Waals surface area contributed by atoms with Gasteiger partial charge in [0.2, 0.25) is 5.89 Å². The summed E-state index contributed by atoms with van der Waals surface area (Å²) in [6.45, 7) is 34.4. The second-order valence-electron chi connectivity index (χ2n) is 23.1. The van der Waals surface area contributed by atoms with Crippen molar-refractivity contribution in [2.24, 2.45) is 0 Å². The molecule has 4 nitrogen and oxygen atoms in total. The van der Waals surface area contributed by atoms with Gasteiger partial charge in [0.15, 0.2) is 5.58 Å². The van der Waals surface area contributed by atoms with Crippen LogP contribution in [0.1, 0.15) is 132 Å². The highest BCUT2D eigenvalue weighted by molar-refractivity contribution is 7.00. The molecule has 0 bridgehead atoms. The topological polar surface area (TPSA) is 32.5 Å². The fourth-order valence-electron chi connectivity index (χ4n) is 9.33. The van der Waals surface area contributed by atoms with Gasteiger partial charge >= 0.3 is 0 Å². The Hall–Kier alpha value is -5.55. The van der Waals surface area contributed by atoms with Gasteiger partial charge in [-0.25, -0.2) is 4.98 Å². The molecule has 0 unspecified atom stereocenters. The molecule has 0 saturated heterocycles. The van der Waals surface area contributed by atoms with E-state index in [9.17, 15) is 0 Å². The zero-order chi connectivity index (χ0) is 44.5. The van der Waals surface area contributed by atoms with Gasteiger partial charge in [0.25, 0.3) is 6.71 Å². The summed E-state index contributed by atoms with van der Waals surface area (Å²) in [4.78, 5) is 10.3.